The molecule has 1 aromatic carbocycles. The van der Waals surface area contributed by atoms with Crippen molar-refractivity contribution in [2.45, 2.75) is 39.7 Å². The van der Waals surface area contributed by atoms with E-state index in [1.54, 1.807) is 4.90 Å². The Morgan fingerprint density at radius 2 is 2.08 bits per heavy atom. The van der Waals surface area contributed by atoms with Crippen LogP contribution in [0.1, 0.15) is 28.1 Å². The van der Waals surface area contributed by atoms with Crippen LogP contribution in [0.15, 0.2) is 28.8 Å². The molecule has 2 aromatic rings. The molecule has 5 heteroatoms. The van der Waals surface area contributed by atoms with Gasteiger partial charge in [0.1, 0.15) is 5.76 Å². The quantitative estimate of drug-likeness (QED) is 0.934. The largest absolute Gasteiger partial charge is 0.391 e. The first-order valence-corrected chi connectivity index (χ1v) is 8.36. The van der Waals surface area contributed by atoms with Crippen molar-refractivity contribution in [1.82, 2.24) is 10.1 Å². The van der Waals surface area contributed by atoms with Gasteiger partial charge in [-0.3, -0.25) is 4.79 Å². The first-order valence-electron chi connectivity index (χ1n) is 8.36. The van der Waals surface area contributed by atoms with Crippen molar-refractivity contribution in [3.05, 3.63) is 52.4 Å². The summed E-state index contributed by atoms with van der Waals surface area (Å²) >= 11 is 0. The molecule has 0 aliphatic carbocycles. The maximum absolute atomic E-state index is 12.6. The lowest BCUT2D eigenvalue weighted by atomic mass is 10.0. The zero-order valence-electron chi connectivity index (χ0n) is 14.5. The normalized spacial score (nSPS) is 20.6. The highest BCUT2D eigenvalue weighted by Gasteiger charge is 2.34. The third kappa shape index (κ3) is 3.67. The van der Waals surface area contributed by atoms with Crippen LogP contribution in [0.4, 0.5) is 0 Å². The van der Waals surface area contributed by atoms with E-state index in [0.717, 1.165) is 28.1 Å². The molecule has 1 aromatic heterocycles. The molecular weight excluding hydrogens is 304 g/mol. The number of aliphatic hydroxyl groups is 1. The van der Waals surface area contributed by atoms with Gasteiger partial charge >= 0.3 is 0 Å². The van der Waals surface area contributed by atoms with Gasteiger partial charge in [-0.15, -0.1) is 0 Å². The number of β-amino-alcohol motifs (C(OH)–C–C–N with tert-alkyl or cyclic N) is 1. The van der Waals surface area contributed by atoms with E-state index in [1.807, 2.05) is 32.9 Å². The number of likely N-dealkylation sites (tertiary alicyclic amines) is 1. The standard InChI is InChI=1S/C19H24N2O3/c1-12-4-5-13(2)15(6-12)9-19(23)21-10-16(18(22)11-21)8-17-7-14(3)20-24-17/h4-7,16,18,22H,8-11H2,1-3H3/t16-,18+/m1/s1. The predicted octanol–water partition coefficient (Wildman–Crippen LogP) is 2.20. The summed E-state index contributed by atoms with van der Waals surface area (Å²) in [5.41, 5.74) is 4.18. The average Bonchev–Trinajstić information content (AvgIpc) is 3.10. The first kappa shape index (κ1) is 16.7. The molecule has 1 saturated heterocycles. The topological polar surface area (TPSA) is 66.6 Å². The number of carbonyl (C=O) groups is 1. The van der Waals surface area contributed by atoms with Crippen molar-refractivity contribution in [2.75, 3.05) is 13.1 Å². The zero-order valence-corrected chi connectivity index (χ0v) is 14.5. The maximum atomic E-state index is 12.6. The van der Waals surface area contributed by atoms with Crippen molar-refractivity contribution in [1.29, 1.82) is 0 Å². The predicted molar refractivity (Wildman–Crippen MR) is 90.6 cm³/mol. The fraction of sp³-hybridized carbons (Fsp3) is 0.474. The SMILES string of the molecule is Cc1ccc(C)c(CC(=O)N2C[C@@H](Cc3cc(C)no3)[C@@H](O)C2)c1. The summed E-state index contributed by atoms with van der Waals surface area (Å²) in [5, 5.41) is 14.2. The summed E-state index contributed by atoms with van der Waals surface area (Å²) in [6.45, 7) is 6.88. The Hall–Kier alpha value is -2.14. The van der Waals surface area contributed by atoms with Gasteiger partial charge in [-0.2, -0.15) is 0 Å². The molecule has 1 N–H and O–H groups in total. The molecular formula is C19H24N2O3. The van der Waals surface area contributed by atoms with Crippen LogP contribution in [0, 0.1) is 26.7 Å². The highest BCUT2D eigenvalue weighted by atomic mass is 16.5. The van der Waals surface area contributed by atoms with Crippen LogP contribution in [-0.2, 0) is 17.6 Å². The molecule has 0 bridgehead atoms. The van der Waals surface area contributed by atoms with Crippen LogP contribution < -0.4 is 0 Å². The number of rotatable bonds is 4. The molecule has 24 heavy (non-hydrogen) atoms. The van der Waals surface area contributed by atoms with Gasteiger partial charge in [0.05, 0.1) is 18.2 Å². The van der Waals surface area contributed by atoms with Crippen molar-refractivity contribution in [2.24, 2.45) is 5.92 Å². The molecule has 2 atom stereocenters. The van der Waals surface area contributed by atoms with Crippen LogP contribution in [0.3, 0.4) is 0 Å². The summed E-state index contributed by atoms with van der Waals surface area (Å²) in [6.07, 6.45) is 0.474. The molecule has 0 saturated carbocycles. The van der Waals surface area contributed by atoms with Gasteiger partial charge in [-0.1, -0.05) is 28.9 Å². The van der Waals surface area contributed by atoms with Crippen LogP contribution in [-0.4, -0.2) is 40.3 Å². The Bertz CT molecular complexity index is 738. The Morgan fingerprint density at radius 3 is 2.79 bits per heavy atom. The number of carbonyl (C=O) groups excluding carboxylic acids is 1. The van der Waals surface area contributed by atoms with E-state index >= 15 is 0 Å². The van der Waals surface area contributed by atoms with Gasteiger partial charge in [-0.05, 0) is 31.9 Å². The van der Waals surface area contributed by atoms with E-state index in [-0.39, 0.29) is 11.8 Å². The smallest absolute Gasteiger partial charge is 0.227 e. The molecule has 2 heterocycles. The van der Waals surface area contributed by atoms with Crippen LogP contribution in [0.5, 0.6) is 0 Å². The van der Waals surface area contributed by atoms with E-state index in [9.17, 15) is 9.90 Å². The Kier molecular flexibility index (Phi) is 4.71. The molecule has 1 aliphatic heterocycles. The number of benzene rings is 1. The minimum absolute atomic E-state index is 0.0000867. The fourth-order valence-corrected chi connectivity index (χ4v) is 3.29. The summed E-state index contributed by atoms with van der Waals surface area (Å²) in [5.74, 6) is 0.833. The van der Waals surface area contributed by atoms with Crippen molar-refractivity contribution in [3.8, 4) is 0 Å². The average molecular weight is 328 g/mol. The number of hydrogen-bond donors (Lipinski definition) is 1. The number of aryl methyl sites for hydroxylation is 3. The lowest BCUT2D eigenvalue weighted by Crippen LogP contribution is -2.31. The van der Waals surface area contributed by atoms with E-state index in [2.05, 4.69) is 17.3 Å². The van der Waals surface area contributed by atoms with Gasteiger partial charge in [-0.25, -0.2) is 0 Å². The number of nitrogens with zero attached hydrogens (tertiary/aromatic N) is 2. The number of aliphatic hydroxyl groups excluding tert-OH is 1. The third-order valence-electron chi connectivity index (χ3n) is 4.75. The van der Waals surface area contributed by atoms with Gasteiger partial charge in [0, 0.05) is 31.5 Å². The van der Waals surface area contributed by atoms with Gasteiger partial charge in [0.25, 0.3) is 0 Å². The van der Waals surface area contributed by atoms with Crippen molar-refractivity contribution in [3.63, 3.8) is 0 Å². The number of amides is 1. The van der Waals surface area contributed by atoms with Crippen LogP contribution >= 0.6 is 0 Å². The highest BCUT2D eigenvalue weighted by Crippen LogP contribution is 2.23. The monoisotopic (exact) mass is 328 g/mol. The van der Waals surface area contributed by atoms with Gasteiger partial charge < -0.3 is 14.5 Å². The molecule has 3 rings (SSSR count). The van der Waals surface area contributed by atoms with Gasteiger partial charge in [0.2, 0.25) is 5.91 Å². The molecule has 1 aliphatic rings. The third-order valence-corrected chi connectivity index (χ3v) is 4.75. The second-order valence-electron chi connectivity index (χ2n) is 6.87. The molecule has 128 valence electrons. The zero-order chi connectivity index (χ0) is 17.3. The Balaban J connectivity index is 1.63. The second-order valence-corrected chi connectivity index (χ2v) is 6.87. The second kappa shape index (κ2) is 6.77. The first-order chi connectivity index (χ1) is 11.4. The van der Waals surface area contributed by atoms with Crippen LogP contribution in [0.2, 0.25) is 0 Å². The summed E-state index contributed by atoms with van der Waals surface area (Å²) in [7, 11) is 0. The number of aromatic nitrogens is 1. The van der Waals surface area contributed by atoms with Crippen molar-refractivity contribution < 1.29 is 14.4 Å². The molecule has 0 radical (unpaired) electrons. The lowest BCUT2D eigenvalue weighted by Gasteiger charge is -2.17. The van der Waals surface area contributed by atoms with E-state index in [0.29, 0.717) is 25.9 Å². The van der Waals surface area contributed by atoms with Crippen molar-refractivity contribution >= 4 is 5.91 Å². The van der Waals surface area contributed by atoms with Crippen LogP contribution in [0.25, 0.3) is 0 Å². The molecule has 0 spiro atoms. The fourth-order valence-electron chi connectivity index (χ4n) is 3.29. The Morgan fingerprint density at radius 1 is 1.29 bits per heavy atom. The summed E-state index contributed by atoms with van der Waals surface area (Å²) in [6, 6.07) is 8.05. The van der Waals surface area contributed by atoms with Gasteiger partial charge in [0.15, 0.2) is 0 Å². The lowest BCUT2D eigenvalue weighted by molar-refractivity contribution is -0.129. The maximum Gasteiger partial charge on any atom is 0.227 e. The Labute approximate surface area is 142 Å². The van der Waals surface area contributed by atoms with E-state index < -0.39 is 6.10 Å². The van der Waals surface area contributed by atoms with E-state index in [4.69, 9.17) is 4.52 Å². The summed E-state index contributed by atoms with van der Waals surface area (Å²) in [4.78, 5) is 14.4. The molecule has 5 nitrogen and oxygen atoms in total. The summed E-state index contributed by atoms with van der Waals surface area (Å²) < 4.78 is 5.23. The van der Waals surface area contributed by atoms with E-state index in [1.165, 1.54) is 0 Å². The molecule has 1 fully saturated rings. The number of hydrogen-bond acceptors (Lipinski definition) is 4. The molecule has 0 unspecified atom stereocenters. The minimum atomic E-state index is -0.516. The minimum Gasteiger partial charge on any atom is -0.391 e. The molecule has 1 amide bonds. The highest BCUT2D eigenvalue weighted by molar-refractivity contribution is 5.79.